The summed E-state index contributed by atoms with van der Waals surface area (Å²) in [6, 6.07) is 32.5. The molecule has 0 N–H and O–H groups in total. The minimum absolute atomic E-state index is 0. The van der Waals surface area contributed by atoms with E-state index in [2.05, 4.69) is 37.3 Å². The number of hydrogen-bond donors (Lipinski definition) is 0. The Bertz CT molecular complexity index is 1480. The molecule has 0 fully saturated rings. The standard InChI is InChI=1S/C15H9NO2.C9H6NO2.C8H9.W.Y/c1-10-5-4-6-11(9-10)16-14(17)12-7-2-3-8-13(12)15(16)18;1-10-8(11)6-4-2-3-5-7(6)9(10)12;1-7-4-3-5-8(2)6-7;;/h2,4,6-9H,1H3;2,4-5H,1H3;3-4,6H,1-2H3;;/q-2;2*-1;+2;. The van der Waals surface area contributed by atoms with Crippen molar-refractivity contribution in [1.82, 2.24) is 4.90 Å². The fraction of sp³-hybridized carbons (Fsp3) is 0.125. The molecule has 2 aliphatic heterocycles. The maximum atomic E-state index is 12.2. The molecule has 0 atom stereocenters. The summed E-state index contributed by atoms with van der Waals surface area (Å²) < 4.78 is 0. The van der Waals surface area contributed by atoms with Gasteiger partial charge in [-0.05, 0) is 0 Å². The monoisotopic (exact) mass is 773 g/mol. The van der Waals surface area contributed by atoms with Gasteiger partial charge in [0.15, 0.2) is 0 Å². The van der Waals surface area contributed by atoms with Crippen molar-refractivity contribution in [2.24, 2.45) is 0 Å². The molecule has 0 aromatic heterocycles. The molecular weight excluding hydrogens is 749 g/mol. The summed E-state index contributed by atoms with van der Waals surface area (Å²) in [4.78, 5) is 49.3. The SMILES string of the molecule is CN1C(=O)c2c[c-]ccc2C1=O.Cc1[c-]ccc(C)c1.Cc1[c-]ccc(N2C(=O)c3c[c-]ccc3C2=O)c1.[W+2].[Y]. The molecule has 6 rings (SSSR count). The number of carbonyl (C=O) groups excluding carboxylic acids is 4. The molecule has 4 amide bonds. The van der Waals surface area contributed by atoms with Crippen molar-refractivity contribution in [2.75, 3.05) is 11.9 Å². The maximum absolute atomic E-state index is 12.2. The third-order valence-corrected chi connectivity index (χ3v) is 5.95. The smallest absolute Gasteiger partial charge is 0.290 e. The quantitative estimate of drug-likeness (QED) is 0.197. The number of fused-ring (bicyclic) bond motifs is 2. The second-order valence-corrected chi connectivity index (χ2v) is 8.84. The number of amides is 4. The van der Waals surface area contributed by atoms with Gasteiger partial charge < -0.3 is 0 Å². The number of nitrogens with zero attached hydrogens (tertiary/aromatic N) is 2. The van der Waals surface area contributed by atoms with Crippen LogP contribution in [0.15, 0.2) is 72.8 Å². The van der Waals surface area contributed by atoms with E-state index in [-0.39, 0.29) is 77.4 Å². The van der Waals surface area contributed by atoms with Crippen LogP contribution in [0.2, 0.25) is 0 Å². The Morgan fingerprint density at radius 3 is 1.55 bits per heavy atom. The molecule has 8 heteroatoms. The van der Waals surface area contributed by atoms with Gasteiger partial charge in [0.2, 0.25) is 23.6 Å². The predicted octanol–water partition coefficient (Wildman–Crippen LogP) is 5.21. The Morgan fingerprint density at radius 1 is 0.600 bits per heavy atom. The van der Waals surface area contributed by atoms with Crippen molar-refractivity contribution in [3.05, 3.63) is 136 Å². The van der Waals surface area contributed by atoms with Crippen LogP contribution < -0.4 is 4.90 Å². The van der Waals surface area contributed by atoms with E-state index in [0.717, 1.165) is 10.5 Å². The molecule has 197 valence electrons. The fourth-order valence-corrected chi connectivity index (χ4v) is 4.05. The second kappa shape index (κ2) is 14.5. The van der Waals surface area contributed by atoms with Gasteiger partial charge >= 0.3 is 21.1 Å². The van der Waals surface area contributed by atoms with Gasteiger partial charge in [0.25, 0.3) is 0 Å². The van der Waals surface area contributed by atoms with Gasteiger partial charge in [0, 0.05) is 39.8 Å². The summed E-state index contributed by atoms with van der Waals surface area (Å²) in [6.45, 7) is 6.00. The zero-order valence-electron chi connectivity index (χ0n) is 22.4. The van der Waals surface area contributed by atoms with Crippen LogP contribution in [-0.4, -0.2) is 35.6 Å². The summed E-state index contributed by atoms with van der Waals surface area (Å²) in [6.07, 6.45) is 0. The van der Waals surface area contributed by atoms with Gasteiger partial charge in [0.05, 0.1) is 0 Å². The molecule has 2 heterocycles. The van der Waals surface area contributed by atoms with Gasteiger partial charge in [-0.2, -0.15) is 102 Å². The van der Waals surface area contributed by atoms with Crippen LogP contribution in [0.25, 0.3) is 0 Å². The molecule has 0 aliphatic carbocycles. The number of anilines is 1. The number of hydrogen-bond acceptors (Lipinski definition) is 4. The first-order valence-corrected chi connectivity index (χ1v) is 11.8. The van der Waals surface area contributed by atoms with E-state index in [1.54, 1.807) is 54.6 Å². The van der Waals surface area contributed by atoms with Crippen molar-refractivity contribution in [3.63, 3.8) is 0 Å². The molecule has 0 unspecified atom stereocenters. The Morgan fingerprint density at radius 2 is 1.07 bits per heavy atom. The molecule has 6 nitrogen and oxygen atoms in total. The van der Waals surface area contributed by atoms with Crippen molar-refractivity contribution in [2.45, 2.75) is 20.8 Å². The van der Waals surface area contributed by atoms with Gasteiger partial charge in [-0.3, -0.25) is 29.0 Å². The van der Waals surface area contributed by atoms with Crippen molar-refractivity contribution in [3.8, 4) is 0 Å². The number of benzene rings is 4. The Kier molecular flexibility index (Phi) is 12.1. The van der Waals surface area contributed by atoms with Crippen LogP contribution in [0.3, 0.4) is 0 Å². The van der Waals surface area contributed by atoms with E-state index in [0.29, 0.717) is 27.9 Å². The summed E-state index contributed by atoms with van der Waals surface area (Å²) in [5.41, 5.74) is 5.75. The molecule has 0 bridgehead atoms. The third-order valence-electron chi connectivity index (χ3n) is 5.95. The largest absolute Gasteiger partial charge is 2.00 e. The van der Waals surface area contributed by atoms with Crippen molar-refractivity contribution in [1.29, 1.82) is 0 Å². The summed E-state index contributed by atoms with van der Waals surface area (Å²) >= 11 is 0. The zero-order chi connectivity index (χ0) is 27.4. The average Bonchev–Trinajstić information content (AvgIpc) is 3.29. The Hall–Kier alpha value is -3.05. The van der Waals surface area contributed by atoms with E-state index >= 15 is 0 Å². The van der Waals surface area contributed by atoms with E-state index in [4.69, 9.17) is 0 Å². The van der Waals surface area contributed by atoms with Gasteiger partial charge in [-0.25, -0.2) is 0 Å². The molecule has 0 saturated carbocycles. The van der Waals surface area contributed by atoms with Gasteiger partial charge in [-0.1, -0.05) is 48.7 Å². The number of imide groups is 2. The topological polar surface area (TPSA) is 74.8 Å². The molecular formula is C32H24N2O4WY-2. The number of carbonyl (C=O) groups is 4. The minimum Gasteiger partial charge on any atom is -0.290 e. The third kappa shape index (κ3) is 7.17. The zero-order valence-corrected chi connectivity index (χ0v) is 28.2. The first kappa shape index (κ1) is 33.2. The molecule has 0 spiro atoms. The van der Waals surface area contributed by atoms with Crippen molar-refractivity contribution >= 4 is 29.3 Å². The molecule has 40 heavy (non-hydrogen) atoms. The van der Waals surface area contributed by atoms with Gasteiger partial charge in [0.1, 0.15) is 0 Å². The van der Waals surface area contributed by atoms with Crippen LogP contribution in [0.5, 0.6) is 0 Å². The van der Waals surface area contributed by atoms with Crippen molar-refractivity contribution < 1.29 is 73.0 Å². The molecule has 2 aliphatic rings. The Labute approximate surface area is 273 Å². The van der Waals surface area contributed by atoms with Crippen LogP contribution >= 0.6 is 0 Å². The summed E-state index contributed by atoms with van der Waals surface area (Å²) in [5, 5.41) is 0. The number of rotatable bonds is 1. The molecule has 0 saturated heterocycles. The fourth-order valence-electron chi connectivity index (χ4n) is 4.05. The van der Waals surface area contributed by atoms with Crippen LogP contribution in [0, 0.1) is 45.0 Å². The van der Waals surface area contributed by atoms with E-state index in [1.165, 1.54) is 23.1 Å². The first-order chi connectivity index (χ1) is 18.2. The van der Waals surface area contributed by atoms with Crippen LogP contribution in [0.4, 0.5) is 5.69 Å². The average molecular weight is 773 g/mol. The van der Waals surface area contributed by atoms with Crippen LogP contribution in [0.1, 0.15) is 58.1 Å². The van der Waals surface area contributed by atoms with E-state index in [1.807, 2.05) is 26.0 Å². The maximum Gasteiger partial charge on any atom is 2.00 e. The van der Waals surface area contributed by atoms with E-state index in [9.17, 15) is 19.2 Å². The minimum atomic E-state index is -0.294. The second-order valence-electron chi connectivity index (χ2n) is 8.84. The summed E-state index contributed by atoms with van der Waals surface area (Å²) in [5.74, 6) is -1.05. The summed E-state index contributed by atoms with van der Waals surface area (Å²) in [7, 11) is 1.48. The number of aryl methyl sites for hydroxylation is 3. The van der Waals surface area contributed by atoms with E-state index < -0.39 is 0 Å². The first-order valence-electron chi connectivity index (χ1n) is 11.8. The molecule has 1 radical (unpaired) electrons. The predicted molar refractivity (Wildman–Crippen MR) is 143 cm³/mol. The molecule has 4 aromatic rings. The van der Waals surface area contributed by atoms with Crippen LogP contribution in [-0.2, 0) is 53.8 Å². The Balaban J connectivity index is 0.000000222. The normalized spacial score (nSPS) is 12.7. The molecule has 4 aromatic carbocycles. The van der Waals surface area contributed by atoms with Gasteiger partial charge in [-0.15, -0.1) is 12.1 Å².